The quantitative estimate of drug-likeness (QED) is 0.579. The summed E-state index contributed by atoms with van der Waals surface area (Å²) in [5.74, 6) is 0.767. The fraction of sp³-hybridized carbons (Fsp3) is 0.222. The summed E-state index contributed by atoms with van der Waals surface area (Å²) in [6.45, 7) is 5.41. The normalized spacial score (nSPS) is 10.4. The van der Waals surface area contributed by atoms with Gasteiger partial charge >= 0.3 is 0 Å². The van der Waals surface area contributed by atoms with Gasteiger partial charge in [0.1, 0.15) is 18.5 Å². The minimum Gasteiger partial charge on any atom is -0.367 e. The van der Waals surface area contributed by atoms with Crippen LogP contribution in [0.1, 0.15) is 13.8 Å². The molecule has 0 saturated carbocycles. The average molecular weight is 370 g/mol. The molecule has 0 fully saturated rings. The molecule has 0 amide bonds. The zero-order chi connectivity index (χ0) is 18.4. The van der Waals surface area contributed by atoms with E-state index >= 15 is 0 Å². The van der Waals surface area contributed by atoms with Crippen molar-refractivity contribution >= 4 is 23.1 Å². The number of halogens is 1. The highest BCUT2D eigenvalue weighted by Gasteiger charge is 2.08. The van der Waals surface area contributed by atoms with Crippen LogP contribution >= 0.6 is 11.6 Å². The van der Waals surface area contributed by atoms with Gasteiger partial charge in [-0.1, -0.05) is 37.6 Å². The fourth-order valence-corrected chi connectivity index (χ4v) is 2.65. The molecule has 3 heterocycles. The summed E-state index contributed by atoms with van der Waals surface area (Å²) >= 11 is 6.09. The summed E-state index contributed by atoms with van der Waals surface area (Å²) in [6, 6.07) is 11.5. The lowest BCUT2D eigenvalue weighted by Crippen LogP contribution is -2.12. The molecule has 0 saturated heterocycles. The molecule has 0 aliphatic heterocycles. The van der Waals surface area contributed by atoms with Gasteiger partial charge in [-0.15, -0.1) is 5.10 Å². The molecule has 1 N–H and O–H groups in total. The maximum Gasteiger partial charge on any atom is 0.154 e. The Labute approximate surface area is 156 Å². The highest BCUT2D eigenvalue weighted by molar-refractivity contribution is 6.30. The Bertz CT molecular complexity index is 963. The van der Waals surface area contributed by atoms with Crippen molar-refractivity contribution in [3.63, 3.8) is 0 Å². The third-order valence-electron chi connectivity index (χ3n) is 3.60. The van der Waals surface area contributed by atoms with Gasteiger partial charge in [0, 0.05) is 17.1 Å². The molecule has 0 radical (unpaired) electrons. The van der Waals surface area contributed by atoms with Crippen molar-refractivity contribution in [3.05, 3.63) is 60.3 Å². The predicted molar refractivity (Wildman–Crippen MR) is 103 cm³/mol. The zero-order valence-corrected chi connectivity index (χ0v) is 15.4. The summed E-state index contributed by atoms with van der Waals surface area (Å²) in [5, 5.41) is 12.6. The molecular weight excluding hydrogens is 350 g/mol. The molecule has 4 rings (SSSR count). The van der Waals surface area contributed by atoms with Gasteiger partial charge < -0.3 is 5.32 Å². The third-order valence-corrected chi connectivity index (χ3v) is 3.83. The SMILES string of the molecule is CC.Clc1cccc(-c2cnc3ccc(NCCn4cncn4)nn23)c1. The van der Waals surface area contributed by atoms with Crippen LogP contribution in [-0.2, 0) is 6.54 Å². The lowest BCUT2D eigenvalue weighted by atomic mass is 10.2. The lowest BCUT2D eigenvalue weighted by Gasteiger charge is -2.07. The first-order chi connectivity index (χ1) is 12.8. The molecule has 26 heavy (non-hydrogen) atoms. The number of imidazole rings is 1. The van der Waals surface area contributed by atoms with Crippen molar-refractivity contribution in [2.75, 3.05) is 11.9 Å². The Kier molecular flexibility index (Phi) is 5.80. The molecule has 0 aliphatic carbocycles. The smallest absolute Gasteiger partial charge is 0.154 e. The van der Waals surface area contributed by atoms with Gasteiger partial charge in [-0.05, 0) is 24.3 Å². The molecule has 0 unspecified atom stereocenters. The molecule has 134 valence electrons. The number of nitrogens with one attached hydrogen (secondary N) is 1. The van der Waals surface area contributed by atoms with Crippen molar-refractivity contribution in [1.82, 2.24) is 29.4 Å². The summed E-state index contributed by atoms with van der Waals surface area (Å²) in [7, 11) is 0. The van der Waals surface area contributed by atoms with Crippen molar-refractivity contribution < 1.29 is 0 Å². The van der Waals surface area contributed by atoms with Crippen LogP contribution in [0.3, 0.4) is 0 Å². The predicted octanol–water partition coefficient (Wildman–Crippen LogP) is 3.78. The number of hydrogen-bond acceptors (Lipinski definition) is 5. The molecule has 3 aromatic heterocycles. The maximum atomic E-state index is 6.09. The van der Waals surface area contributed by atoms with E-state index in [0.29, 0.717) is 18.1 Å². The van der Waals surface area contributed by atoms with E-state index in [0.717, 1.165) is 22.7 Å². The van der Waals surface area contributed by atoms with Crippen molar-refractivity contribution in [2.24, 2.45) is 0 Å². The molecule has 0 bridgehead atoms. The van der Waals surface area contributed by atoms with E-state index in [1.54, 1.807) is 17.2 Å². The van der Waals surface area contributed by atoms with Crippen LogP contribution < -0.4 is 5.32 Å². The van der Waals surface area contributed by atoms with Crippen LogP contribution in [0.5, 0.6) is 0 Å². The summed E-state index contributed by atoms with van der Waals surface area (Å²) in [5.41, 5.74) is 2.65. The van der Waals surface area contributed by atoms with Gasteiger partial charge in [0.25, 0.3) is 0 Å². The highest BCUT2D eigenvalue weighted by atomic mass is 35.5. The Balaban J connectivity index is 0.000000948. The highest BCUT2D eigenvalue weighted by Crippen LogP contribution is 2.23. The second-order valence-electron chi connectivity index (χ2n) is 5.23. The van der Waals surface area contributed by atoms with Crippen LogP contribution in [-0.4, -0.2) is 35.9 Å². The van der Waals surface area contributed by atoms with Crippen molar-refractivity contribution in [1.29, 1.82) is 0 Å². The Morgan fingerprint density at radius 2 is 2.04 bits per heavy atom. The zero-order valence-electron chi connectivity index (χ0n) is 14.7. The van der Waals surface area contributed by atoms with Gasteiger partial charge in [-0.3, -0.25) is 4.68 Å². The van der Waals surface area contributed by atoms with Crippen LogP contribution in [0, 0.1) is 0 Å². The third kappa shape index (κ3) is 4.00. The number of aromatic nitrogens is 6. The monoisotopic (exact) mass is 369 g/mol. The van der Waals surface area contributed by atoms with E-state index in [4.69, 9.17) is 11.6 Å². The van der Waals surface area contributed by atoms with Crippen LogP contribution in [0.2, 0.25) is 5.02 Å². The number of benzene rings is 1. The van der Waals surface area contributed by atoms with Gasteiger partial charge in [-0.25, -0.2) is 14.5 Å². The summed E-state index contributed by atoms with van der Waals surface area (Å²) < 4.78 is 3.57. The molecule has 8 heteroatoms. The second-order valence-corrected chi connectivity index (χ2v) is 5.66. The lowest BCUT2D eigenvalue weighted by molar-refractivity contribution is 0.634. The topological polar surface area (TPSA) is 72.9 Å². The molecule has 4 aromatic rings. The first-order valence-electron chi connectivity index (χ1n) is 8.46. The van der Waals surface area contributed by atoms with Crippen LogP contribution in [0.25, 0.3) is 16.9 Å². The number of hydrogen-bond donors (Lipinski definition) is 1. The Hall–Kier alpha value is -2.93. The van der Waals surface area contributed by atoms with E-state index in [1.807, 2.05) is 54.8 Å². The van der Waals surface area contributed by atoms with Gasteiger partial charge in [-0.2, -0.15) is 5.10 Å². The number of rotatable bonds is 5. The molecule has 0 atom stereocenters. The number of fused-ring (bicyclic) bond motifs is 1. The van der Waals surface area contributed by atoms with Crippen molar-refractivity contribution in [2.45, 2.75) is 20.4 Å². The van der Waals surface area contributed by atoms with Crippen molar-refractivity contribution in [3.8, 4) is 11.3 Å². The fourth-order valence-electron chi connectivity index (χ4n) is 2.46. The van der Waals surface area contributed by atoms with Gasteiger partial charge in [0.05, 0.1) is 18.4 Å². The van der Waals surface area contributed by atoms with E-state index in [9.17, 15) is 0 Å². The average Bonchev–Trinajstić information content (AvgIpc) is 3.33. The van der Waals surface area contributed by atoms with E-state index in [2.05, 4.69) is 25.5 Å². The minimum absolute atomic E-state index is 0.685. The largest absolute Gasteiger partial charge is 0.367 e. The summed E-state index contributed by atoms with van der Waals surface area (Å²) in [6.07, 6.45) is 5.01. The Morgan fingerprint density at radius 1 is 1.15 bits per heavy atom. The summed E-state index contributed by atoms with van der Waals surface area (Å²) in [4.78, 5) is 8.31. The van der Waals surface area contributed by atoms with Gasteiger partial charge in [0.2, 0.25) is 0 Å². The first kappa shape index (κ1) is 17.9. The second kappa shape index (κ2) is 8.44. The van der Waals surface area contributed by atoms with E-state index in [1.165, 1.54) is 6.33 Å². The van der Waals surface area contributed by atoms with E-state index in [-0.39, 0.29) is 0 Å². The maximum absolute atomic E-state index is 6.09. The van der Waals surface area contributed by atoms with Gasteiger partial charge in [0.15, 0.2) is 5.65 Å². The first-order valence-corrected chi connectivity index (χ1v) is 8.84. The Morgan fingerprint density at radius 3 is 2.81 bits per heavy atom. The number of nitrogens with zero attached hydrogens (tertiary/aromatic N) is 6. The van der Waals surface area contributed by atoms with Crippen LogP contribution in [0.15, 0.2) is 55.2 Å². The molecular formula is C18H20ClN7. The standard InChI is InChI=1S/C16H14ClN7.C2H6/c17-13-3-1-2-12(8-13)14-9-20-16-5-4-15(22-24(14)16)19-6-7-23-11-18-10-21-23;1-2/h1-5,8-11H,6-7H2,(H,19,22);1-2H3. The number of anilines is 1. The van der Waals surface area contributed by atoms with E-state index < -0.39 is 0 Å². The van der Waals surface area contributed by atoms with Crippen LogP contribution in [0.4, 0.5) is 5.82 Å². The molecule has 0 aliphatic rings. The molecule has 0 spiro atoms. The molecule has 7 nitrogen and oxygen atoms in total. The molecule has 1 aromatic carbocycles. The minimum atomic E-state index is 0.685.